The molecule has 0 aliphatic rings. The van der Waals surface area contributed by atoms with Crippen LogP contribution in [0.5, 0.6) is 0 Å². The molecule has 0 bridgehead atoms. The molecule has 4 heteroatoms. The van der Waals surface area contributed by atoms with Crippen molar-refractivity contribution < 1.29 is 5.11 Å². The van der Waals surface area contributed by atoms with Gasteiger partial charge in [0.15, 0.2) is 0 Å². The molecule has 0 aliphatic heterocycles. The molecule has 0 unspecified atom stereocenters. The van der Waals surface area contributed by atoms with Gasteiger partial charge in [0, 0.05) is 8.59 Å². The van der Waals surface area contributed by atoms with E-state index in [1.165, 1.54) is 0 Å². The minimum Gasteiger partial charge on any atom is -0.391 e. The predicted octanol–water partition coefficient (Wildman–Crippen LogP) is 2.33. The van der Waals surface area contributed by atoms with Crippen molar-refractivity contribution in [1.82, 2.24) is 0 Å². The SMILES string of the molecule is C[C@@H](O)[C@@H](N)c1cc(Cl)cc(I)c1. The van der Waals surface area contributed by atoms with Gasteiger partial charge in [-0.2, -0.15) is 0 Å². The molecule has 0 radical (unpaired) electrons. The van der Waals surface area contributed by atoms with Gasteiger partial charge in [0.1, 0.15) is 0 Å². The van der Waals surface area contributed by atoms with Gasteiger partial charge < -0.3 is 10.8 Å². The van der Waals surface area contributed by atoms with E-state index in [0.717, 1.165) is 9.13 Å². The largest absolute Gasteiger partial charge is 0.391 e. The van der Waals surface area contributed by atoms with E-state index in [4.69, 9.17) is 17.3 Å². The Labute approximate surface area is 96.2 Å². The fourth-order valence-electron chi connectivity index (χ4n) is 1.05. The molecule has 72 valence electrons. The first-order valence-electron chi connectivity index (χ1n) is 3.90. The van der Waals surface area contributed by atoms with Crippen molar-refractivity contribution in [1.29, 1.82) is 0 Å². The van der Waals surface area contributed by atoms with Crippen molar-refractivity contribution in [2.24, 2.45) is 5.73 Å². The molecule has 1 aromatic rings. The molecule has 0 aromatic heterocycles. The molecule has 2 atom stereocenters. The van der Waals surface area contributed by atoms with Gasteiger partial charge in [-0.3, -0.25) is 0 Å². The van der Waals surface area contributed by atoms with Crippen LogP contribution in [0, 0.1) is 3.57 Å². The van der Waals surface area contributed by atoms with Crippen LogP contribution in [0.4, 0.5) is 0 Å². The first kappa shape index (κ1) is 11.2. The second-order valence-corrected chi connectivity index (χ2v) is 4.65. The molecule has 2 nitrogen and oxygen atoms in total. The molecule has 0 saturated heterocycles. The lowest BCUT2D eigenvalue weighted by molar-refractivity contribution is 0.164. The lowest BCUT2D eigenvalue weighted by Crippen LogP contribution is -2.23. The summed E-state index contributed by atoms with van der Waals surface area (Å²) >= 11 is 8.02. The number of nitrogens with two attached hydrogens (primary N) is 1. The maximum Gasteiger partial charge on any atom is 0.0704 e. The second-order valence-electron chi connectivity index (χ2n) is 2.97. The Morgan fingerprint density at radius 1 is 1.46 bits per heavy atom. The van der Waals surface area contributed by atoms with E-state index in [-0.39, 0.29) is 6.04 Å². The fourth-order valence-corrected chi connectivity index (χ4v) is 2.17. The number of halogens is 2. The summed E-state index contributed by atoms with van der Waals surface area (Å²) in [5.74, 6) is 0. The van der Waals surface area contributed by atoms with E-state index in [2.05, 4.69) is 22.6 Å². The van der Waals surface area contributed by atoms with Gasteiger partial charge in [-0.15, -0.1) is 0 Å². The quantitative estimate of drug-likeness (QED) is 0.824. The summed E-state index contributed by atoms with van der Waals surface area (Å²) in [7, 11) is 0. The summed E-state index contributed by atoms with van der Waals surface area (Å²) in [4.78, 5) is 0. The molecule has 0 saturated carbocycles. The van der Waals surface area contributed by atoms with Crippen LogP contribution in [0.1, 0.15) is 18.5 Å². The normalized spacial score (nSPS) is 15.5. The van der Waals surface area contributed by atoms with E-state index >= 15 is 0 Å². The van der Waals surface area contributed by atoms with E-state index in [0.29, 0.717) is 5.02 Å². The van der Waals surface area contributed by atoms with Crippen molar-refractivity contribution in [2.45, 2.75) is 19.1 Å². The minimum atomic E-state index is -0.561. The predicted molar refractivity (Wildman–Crippen MR) is 62.8 cm³/mol. The Morgan fingerprint density at radius 3 is 2.54 bits per heavy atom. The molecule has 0 amide bonds. The third-order valence-corrected chi connectivity index (χ3v) is 2.63. The molecule has 0 spiro atoms. The number of aliphatic hydroxyl groups is 1. The Hall–Kier alpha value is 0.160. The zero-order chi connectivity index (χ0) is 10.0. The standard InChI is InChI=1S/C9H11ClINO/c1-5(13)9(12)6-2-7(10)4-8(11)3-6/h2-5,9,13H,12H2,1H3/t5-,9-/m1/s1. The molecule has 3 N–H and O–H groups in total. The first-order chi connectivity index (χ1) is 6.00. The van der Waals surface area contributed by atoms with Gasteiger partial charge in [-0.25, -0.2) is 0 Å². The van der Waals surface area contributed by atoms with E-state index in [1.807, 2.05) is 12.1 Å². The highest BCUT2D eigenvalue weighted by atomic mass is 127. The minimum absolute atomic E-state index is 0.368. The highest BCUT2D eigenvalue weighted by Crippen LogP contribution is 2.22. The van der Waals surface area contributed by atoms with Crippen molar-refractivity contribution in [2.75, 3.05) is 0 Å². The van der Waals surface area contributed by atoms with Gasteiger partial charge in [0.2, 0.25) is 0 Å². The van der Waals surface area contributed by atoms with E-state index in [1.54, 1.807) is 13.0 Å². The molecular formula is C9H11ClINO. The van der Waals surface area contributed by atoms with Crippen molar-refractivity contribution in [3.63, 3.8) is 0 Å². The molecular weight excluding hydrogens is 300 g/mol. The van der Waals surface area contributed by atoms with Crippen LogP contribution in [0.2, 0.25) is 5.02 Å². The van der Waals surface area contributed by atoms with E-state index < -0.39 is 6.10 Å². The zero-order valence-electron chi connectivity index (χ0n) is 7.17. The molecule has 1 aromatic carbocycles. The second kappa shape index (κ2) is 4.59. The zero-order valence-corrected chi connectivity index (χ0v) is 10.1. The molecule has 13 heavy (non-hydrogen) atoms. The average molecular weight is 312 g/mol. The van der Waals surface area contributed by atoms with E-state index in [9.17, 15) is 5.11 Å². The Morgan fingerprint density at radius 2 is 2.08 bits per heavy atom. The van der Waals surface area contributed by atoms with Crippen LogP contribution >= 0.6 is 34.2 Å². The number of aliphatic hydroxyl groups excluding tert-OH is 1. The molecule has 0 heterocycles. The van der Waals surface area contributed by atoms with Crippen LogP contribution in [0.25, 0.3) is 0 Å². The fraction of sp³-hybridized carbons (Fsp3) is 0.333. The lowest BCUT2D eigenvalue weighted by atomic mass is 10.0. The van der Waals surface area contributed by atoms with Gasteiger partial charge in [-0.1, -0.05) is 11.6 Å². The summed E-state index contributed by atoms with van der Waals surface area (Å²) < 4.78 is 1.02. The Kier molecular flexibility index (Phi) is 3.97. The molecule has 1 rings (SSSR count). The number of hydrogen-bond acceptors (Lipinski definition) is 2. The van der Waals surface area contributed by atoms with Crippen LogP contribution in [-0.2, 0) is 0 Å². The summed E-state index contributed by atoms with van der Waals surface area (Å²) in [6.45, 7) is 1.67. The highest BCUT2D eigenvalue weighted by molar-refractivity contribution is 14.1. The van der Waals surface area contributed by atoms with Crippen molar-refractivity contribution in [3.05, 3.63) is 32.4 Å². The number of rotatable bonds is 2. The van der Waals surface area contributed by atoms with Gasteiger partial charge in [0.25, 0.3) is 0 Å². The first-order valence-corrected chi connectivity index (χ1v) is 5.36. The number of benzene rings is 1. The number of hydrogen-bond donors (Lipinski definition) is 2. The van der Waals surface area contributed by atoms with Gasteiger partial charge in [0.05, 0.1) is 12.1 Å². The Bertz CT molecular complexity index is 283. The monoisotopic (exact) mass is 311 g/mol. The summed E-state index contributed by atoms with van der Waals surface area (Å²) in [6.07, 6.45) is -0.561. The topological polar surface area (TPSA) is 46.2 Å². The lowest BCUT2D eigenvalue weighted by Gasteiger charge is -2.15. The van der Waals surface area contributed by atoms with Crippen molar-refractivity contribution in [3.8, 4) is 0 Å². The third kappa shape index (κ3) is 3.09. The molecule has 0 fully saturated rings. The Balaban J connectivity index is 3.01. The third-order valence-electron chi connectivity index (χ3n) is 1.79. The molecule has 0 aliphatic carbocycles. The summed E-state index contributed by atoms with van der Waals surface area (Å²) in [5, 5.41) is 9.94. The highest BCUT2D eigenvalue weighted by Gasteiger charge is 2.12. The maximum atomic E-state index is 9.29. The summed E-state index contributed by atoms with van der Waals surface area (Å²) in [5.41, 5.74) is 6.63. The smallest absolute Gasteiger partial charge is 0.0704 e. The van der Waals surface area contributed by atoms with Gasteiger partial charge in [-0.05, 0) is 53.3 Å². The van der Waals surface area contributed by atoms with Crippen LogP contribution < -0.4 is 5.73 Å². The van der Waals surface area contributed by atoms with Crippen LogP contribution in [0.15, 0.2) is 18.2 Å². The van der Waals surface area contributed by atoms with Crippen molar-refractivity contribution >= 4 is 34.2 Å². The van der Waals surface area contributed by atoms with Crippen LogP contribution in [0.3, 0.4) is 0 Å². The summed E-state index contributed by atoms with van der Waals surface area (Å²) in [6, 6.07) is 5.18. The average Bonchev–Trinajstić information content (AvgIpc) is 2.01. The van der Waals surface area contributed by atoms with Crippen LogP contribution in [-0.4, -0.2) is 11.2 Å². The van der Waals surface area contributed by atoms with Gasteiger partial charge >= 0.3 is 0 Å². The maximum absolute atomic E-state index is 9.29.